The van der Waals surface area contributed by atoms with Gasteiger partial charge < -0.3 is 69.4 Å². The van der Waals surface area contributed by atoms with E-state index >= 15 is 0 Å². The van der Waals surface area contributed by atoms with E-state index < -0.39 is 143 Å². The normalized spacial score (nSPS) is 32.0. The number of nitrogens with two attached hydrogens (primary N) is 6. The predicted molar refractivity (Wildman–Crippen MR) is 334 cm³/mol. The largest absolute Gasteiger partial charge is 0.472 e. The molecule has 6 aliphatic heterocycles. The number of aliphatic hydroxyl groups is 2. The van der Waals surface area contributed by atoms with Crippen LogP contribution in [0.1, 0.15) is 150 Å². The maximum absolute atomic E-state index is 14.4. The Morgan fingerprint density at radius 3 is 1.99 bits per heavy atom. The third-order valence-electron chi connectivity index (χ3n) is 20.6. The number of phosphoric acid groups is 1. The second-order valence-electron chi connectivity index (χ2n) is 27.1. The first-order valence-electron chi connectivity index (χ1n) is 30.6. The highest BCUT2D eigenvalue weighted by molar-refractivity contribution is 7.47. The van der Waals surface area contributed by atoms with Crippen LogP contribution in [0, 0.1) is 59.2 Å². The average molecular weight is 1270 g/mol. The van der Waals surface area contributed by atoms with Crippen molar-refractivity contribution in [3.05, 3.63) is 63.9 Å². The molecule has 0 aliphatic carbocycles. The molecule has 2 saturated heterocycles. The van der Waals surface area contributed by atoms with Crippen LogP contribution >= 0.6 is 7.82 Å². The number of hydrogen-bond acceptors (Lipinski definition) is 18. The van der Waals surface area contributed by atoms with E-state index in [0.717, 1.165) is 11.1 Å². The van der Waals surface area contributed by atoms with Crippen LogP contribution in [0.3, 0.4) is 0 Å². The number of carbonyl (C=O) groups excluding carboxylic acids is 7. The molecule has 492 valence electrons. The molecular weight excluding hydrogens is 1180 g/mol. The number of imidazole rings is 1. The summed E-state index contributed by atoms with van der Waals surface area (Å²) in [6.45, 7) is 19.3. The number of benzene rings is 1. The minimum Gasteiger partial charge on any atom is -0.394 e. The van der Waals surface area contributed by atoms with Crippen LogP contribution in [-0.4, -0.2) is 132 Å². The van der Waals surface area contributed by atoms with E-state index in [0.29, 0.717) is 56.4 Å². The molecule has 27 nitrogen and oxygen atoms in total. The molecule has 2 unspecified atom stereocenters. The van der Waals surface area contributed by atoms with E-state index in [4.69, 9.17) is 63.2 Å². The quantitative estimate of drug-likeness (QED) is 0.0603. The van der Waals surface area contributed by atoms with E-state index in [2.05, 4.69) is 15.6 Å². The lowest BCUT2D eigenvalue weighted by atomic mass is 9.55. The maximum Gasteiger partial charge on any atom is 0.472 e. The van der Waals surface area contributed by atoms with Crippen molar-refractivity contribution in [1.82, 2.24) is 20.2 Å². The molecule has 17 N–H and O–H groups in total. The van der Waals surface area contributed by atoms with Gasteiger partial charge in [-0.05, 0) is 108 Å². The molecule has 0 spiro atoms. The van der Waals surface area contributed by atoms with E-state index in [-0.39, 0.29) is 77.2 Å². The number of nitrogens with one attached hydrogen (secondary N) is 2. The van der Waals surface area contributed by atoms with Crippen molar-refractivity contribution < 1.29 is 67.0 Å². The van der Waals surface area contributed by atoms with Crippen LogP contribution in [0.2, 0.25) is 0 Å². The first kappa shape index (κ1) is 68.9. The standard InChI is InChI=1S/C62H90N13O14P/c1-29-20-39-40(21-30(29)2)75(28-70-39)57-52(84)53(41(27-76)87-57)89-90(85,86)88-31(3)26-69-49(83)18-19-59(8)37(22-46(66)80)56-62(11)61(10,25-48(68)82)36(14-17-45(65)79)51(74-62)33(5)55-60(9,24-47(67)81)34(12-15-43(63)77)38(71-55)23-42-58(6,7)35(13-16-44(64)78)50(72-42)32(4)54(59)73-56/h20-21,23,28,31,34-37,41,52-53,56-57,71,76,84H,12-19,22,24-27H2,1-11H3,(H2,63,77)(H2,64,78)(H2,65,79)(H2,66,80)(H2,67,81)(H2,68,82)(H,69,83)(H,85,86)/t31-,34-,35-,36-,37+,41-,52-,53-,56?,57+,59-,60+,61+,62+/m1/s1. The number of aliphatic imine (C=N–C) groups is 3. The van der Waals surface area contributed by atoms with Gasteiger partial charge >= 0.3 is 7.82 Å². The molecule has 28 heteroatoms. The third kappa shape index (κ3) is 13.0. The topological polar surface area (TPSA) is 460 Å². The van der Waals surface area contributed by atoms with Crippen LogP contribution in [0.4, 0.5) is 0 Å². The number of phosphoric ester groups is 1. The molecule has 8 rings (SSSR count). The number of nitrogens with zero attached hydrogens (tertiary/aromatic N) is 5. The Hall–Kier alpha value is -7.00. The second-order valence-corrected chi connectivity index (χ2v) is 28.4. The first-order valence-corrected chi connectivity index (χ1v) is 32.1. The Labute approximate surface area is 523 Å². The zero-order chi connectivity index (χ0) is 66.7. The molecule has 2 fully saturated rings. The summed E-state index contributed by atoms with van der Waals surface area (Å²) in [4.78, 5) is 126. The van der Waals surface area contributed by atoms with Gasteiger partial charge in [0.05, 0.1) is 41.7 Å². The molecule has 1 aromatic heterocycles. The summed E-state index contributed by atoms with van der Waals surface area (Å²) < 4.78 is 32.3. The lowest BCUT2D eigenvalue weighted by molar-refractivity contribution is -0.124. The summed E-state index contributed by atoms with van der Waals surface area (Å²) in [6.07, 6.45) is -4.26. The number of allylic oxidation sites excluding steroid dienone is 6. The van der Waals surface area contributed by atoms with Crippen molar-refractivity contribution in [2.45, 2.75) is 189 Å². The van der Waals surface area contributed by atoms with Crippen molar-refractivity contribution in [3.63, 3.8) is 0 Å². The Bertz CT molecular complexity index is 3540. The van der Waals surface area contributed by atoms with Gasteiger partial charge in [0.15, 0.2) is 6.23 Å². The summed E-state index contributed by atoms with van der Waals surface area (Å²) in [5.41, 5.74) is 37.4. The Balaban J connectivity index is 1.19. The van der Waals surface area contributed by atoms with Gasteiger partial charge in [-0.2, -0.15) is 0 Å². The summed E-state index contributed by atoms with van der Waals surface area (Å²) in [6, 6.07) is 2.70. The molecular formula is C62H90N13O14P. The lowest BCUT2D eigenvalue weighted by Gasteiger charge is -2.48. The fourth-order valence-electron chi connectivity index (χ4n) is 15.4. The molecule has 2 aromatic rings. The van der Waals surface area contributed by atoms with Crippen LogP contribution < -0.4 is 45.0 Å². The molecule has 7 amide bonds. The number of hydrogen-bond donors (Lipinski definition) is 11. The number of aromatic nitrogens is 2. The van der Waals surface area contributed by atoms with Crippen LogP contribution in [-0.2, 0) is 51.9 Å². The zero-order valence-electron chi connectivity index (χ0n) is 53.3. The smallest absolute Gasteiger partial charge is 0.394 e. The minimum absolute atomic E-state index is 0.0114. The van der Waals surface area contributed by atoms with Gasteiger partial charge in [-0.25, -0.2) is 9.55 Å². The summed E-state index contributed by atoms with van der Waals surface area (Å²) in [5.74, 6) is -7.18. The van der Waals surface area contributed by atoms with Crippen molar-refractivity contribution in [1.29, 1.82) is 0 Å². The van der Waals surface area contributed by atoms with E-state index in [9.17, 15) is 53.2 Å². The van der Waals surface area contributed by atoms with Crippen LogP contribution in [0.25, 0.3) is 11.0 Å². The number of aliphatic hydroxyl groups excluding tert-OH is 2. The molecule has 1 aromatic carbocycles. The number of amides is 7. The number of rotatable bonds is 26. The van der Waals surface area contributed by atoms with Crippen molar-refractivity contribution in [2.75, 3.05) is 13.2 Å². The number of fused-ring (bicyclic) bond motifs is 7. The predicted octanol–water partition coefficient (Wildman–Crippen LogP) is 3.16. The highest BCUT2D eigenvalue weighted by Gasteiger charge is 2.66. The van der Waals surface area contributed by atoms with Gasteiger partial charge in [0.25, 0.3) is 0 Å². The molecule has 90 heavy (non-hydrogen) atoms. The number of aryl methyl sites for hydroxylation is 2. The Morgan fingerprint density at radius 1 is 0.800 bits per heavy atom. The van der Waals surface area contributed by atoms with E-state index in [1.165, 1.54) is 13.3 Å². The van der Waals surface area contributed by atoms with Crippen LogP contribution in [0.15, 0.2) is 67.8 Å². The van der Waals surface area contributed by atoms with Crippen molar-refractivity contribution in [2.24, 2.45) is 94.7 Å². The fourth-order valence-corrected chi connectivity index (χ4v) is 16.6. The van der Waals surface area contributed by atoms with Gasteiger partial charge in [0.2, 0.25) is 41.4 Å². The second kappa shape index (κ2) is 25.6. The Morgan fingerprint density at radius 2 is 1.40 bits per heavy atom. The molecule has 8 bridgehead atoms. The van der Waals surface area contributed by atoms with E-state index in [1.807, 2.05) is 87.4 Å². The SMILES string of the molecule is CC1=C2N=C(C=C3NC(=C(C)C4=N[C@@](C)(C5N=C1[C@](C)(CCC(=O)NC[C@@H](C)OP(=O)(O)O[C@H]1[C@@H](O)[C@@H](n6cnc7cc(C)c(C)cc76)O[C@@H]1CO)[C@H]5CC(N)=O)[C@@](C)(CC(N)=O)[C@@H]4CCC(N)=O)[C@@](C)(CC(N)=O)[C@@H]3CCC(N)=O)C(C)(C)[C@@H]2CCC(N)=O. The zero-order valence-corrected chi connectivity index (χ0v) is 54.1. The van der Waals surface area contributed by atoms with Crippen LogP contribution in [0.5, 0.6) is 0 Å². The monoisotopic (exact) mass is 1270 g/mol. The Kier molecular flexibility index (Phi) is 19.6. The molecule has 0 saturated carbocycles. The highest BCUT2D eigenvalue weighted by Crippen LogP contribution is 2.63. The van der Waals surface area contributed by atoms with E-state index in [1.54, 1.807) is 4.57 Å². The van der Waals surface area contributed by atoms with Gasteiger partial charge in [-0.3, -0.25) is 57.6 Å². The minimum atomic E-state index is -5.07. The molecule has 15 atom stereocenters. The van der Waals surface area contributed by atoms with Gasteiger partial charge in [-0.15, -0.1) is 0 Å². The summed E-state index contributed by atoms with van der Waals surface area (Å²) in [7, 11) is -5.07. The molecule has 7 heterocycles. The lowest BCUT2D eigenvalue weighted by Crippen LogP contribution is -2.56. The van der Waals surface area contributed by atoms with Gasteiger partial charge in [-0.1, -0.05) is 34.6 Å². The van der Waals surface area contributed by atoms with Crippen molar-refractivity contribution in [3.8, 4) is 0 Å². The average Bonchev–Trinajstić information content (AvgIpc) is 1.53. The first-order chi connectivity index (χ1) is 41.8. The fraction of sp³-hybridized carbons (Fsp3) is 0.629. The number of primary amides is 6. The molecule has 0 radical (unpaired) electrons. The van der Waals surface area contributed by atoms with Gasteiger partial charge in [0, 0.05) is 131 Å². The summed E-state index contributed by atoms with van der Waals surface area (Å²) in [5, 5.41) is 28.2. The van der Waals surface area contributed by atoms with Gasteiger partial charge in [0.1, 0.15) is 18.3 Å². The van der Waals surface area contributed by atoms with Crippen molar-refractivity contribution >= 4 is 77.3 Å². The number of ether oxygens (including phenoxy) is 1. The third-order valence-corrected chi connectivity index (χ3v) is 21.7. The molecule has 6 aliphatic rings. The highest BCUT2D eigenvalue weighted by atomic mass is 31.2. The summed E-state index contributed by atoms with van der Waals surface area (Å²) >= 11 is 0. The maximum atomic E-state index is 14.4. The number of carbonyl (C=O) groups is 7.